The molecule has 0 amide bonds. The van der Waals surface area contributed by atoms with E-state index in [1.165, 1.54) is 18.9 Å². The number of halogens is 1. The van der Waals surface area contributed by atoms with Gasteiger partial charge in [-0.15, -0.1) is 0 Å². The van der Waals surface area contributed by atoms with Crippen molar-refractivity contribution in [3.63, 3.8) is 0 Å². The number of nitrogens with zero attached hydrogens (tertiary/aromatic N) is 1. The van der Waals surface area contributed by atoms with E-state index in [2.05, 4.69) is 11.8 Å². The molecular formula is C15H23FN2. The van der Waals surface area contributed by atoms with Crippen LogP contribution in [0.1, 0.15) is 38.2 Å². The molecule has 0 bridgehead atoms. The molecule has 100 valence electrons. The van der Waals surface area contributed by atoms with Gasteiger partial charge in [0.25, 0.3) is 0 Å². The van der Waals surface area contributed by atoms with E-state index in [1.54, 1.807) is 6.07 Å². The Bertz CT molecular complexity index is 388. The average Bonchev–Trinajstić information content (AvgIpc) is 2.82. The average molecular weight is 250 g/mol. The smallest absolute Gasteiger partial charge is 0.128 e. The molecule has 1 atom stereocenters. The van der Waals surface area contributed by atoms with Crippen molar-refractivity contribution < 1.29 is 4.39 Å². The highest BCUT2D eigenvalue weighted by Crippen LogP contribution is 2.28. The fourth-order valence-corrected chi connectivity index (χ4v) is 2.95. The summed E-state index contributed by atoms with van der Waals surface area (Å²) in [6, 6.07) is 6.94. The zero-order chi connectivity index (χ0) is 13.0. The summed E-state index contributed by atoms with van der Waals surface area (Å²) >= 11 is 0. The van der Waals surface area contributed by atoms with Crippen LogP contribution in [0.3, 0.4) is 0 Å². The van der Waals surface area contributed by atoms with Crippen molar-refractivity contribution in [3.8, 4) is 0 Å². The molecular weight excluding hydrogens is 227 g/mol. The van der Waals surface area contributed by atoms with Crippen molar-refractivity contribution in [3.05, 3.63) is 35.6 Å². The van der Waals surface area contributed by atoms with Gasteiger partial charge in [-0.25, -0.2) is 4.39 Å². The summed E-state index contributed by atoms with van der Waals surface area (Å²) in [7, 11) is 0. The van der Waals surface area contributed by atoms with Gasteiger partial charge in [0.05, 0.1) is 5.54 Å². The Morgan fingerprint density at radius 3 is 2.56 bits per heavy atom. The lowest BCUT2D eigenvalue weighted by molar-refractivity contribution is 0.230. The Morgan fingerprint density at radius 1 is 1.28 bits per heavy atom. The SMILES string of the molecule is CCCC(N)(CN1CCCC1)c1ccccc1F. The van der Waals surface area contributed by atoms with Crippen LogP contribution in [0.25, 0.3) is 0 Å². The van der Waals surface area contributed by atoms with Crippen LogP contribution < -0.4 is 5.73 Å². The monoisotopic (exact) mass is 250 g/mol. The van der Waals surface area contributed by atoms with Crippen LogP contribution in [0.5, 0.6) is 0 Å². The Labute approximate surface area is 109 Å². The van der Waals surface area contributed by atoms with E-state index in [0.717, 1.165) is 32.5 Å². The number of hydrogen-bond donors (Lipinski definition) is 1. The van der Waals surface area contributed by atoms with Crippen LogP contribution in [0.4, 0.5) is 4.39 Å². The molecule has 0 aromatic heterocycles. The Balaban J connectivity index is 2.22. The van der Waals surface area contributed by atoms with Crippen LogP contribution in [-0.4, -0.2) is 24.5 Å². The van der Waals surface area contributed by atoms with Crippen LogP contribution in [0.15, 0.2) is 24.3 Å². The fourth-order valence-electron chi connectivity index (χ4n) is 2.95. The van der Waals surface area contributed by atoms with Gasteiger partial charge in [0.2, 0.25) is 0 Å². The molecule has 1 saturated heterocycles. The molecule has 1 unspecified atom stereocenters. The van der Waals surface area contributed by atoms with E-state index >= 15 is 0 Å². The van der Waals surface area contributed by atoms with Crippen molar-refractivity contribution in [2.45, 2.75) is 38.1 Å². The fraction of sp³-hybridized carbons (Fsp3) is 0.600. The summed E-state index contributed by atoms with van der Waals surface area (Å²) < 4.78 is 14.0. The molecule has 1 aliphatic rings. The Hall–Kier alpha value is -0.930. The zero-order valence-corrected chi connectivity index (χ0v) is 11.2. The summed E-state index contributed by atoms with van der Waals surface area (Å²) in [5.41, 5.74) is 6.64. The standard InChI is InChI=1S/C15H23FN2/c1-2-9-15(17,12-18-10-5-6-11-18)13-7-3-4-8-14(13)16/h3-4,7-8H,2,5-6,9-12,17H2,1H3. The molecule has 1 heterocycles. The molecule has 2 N–H and O–H groups in total. The molecule has 1 fully saturated rings. The first-order valence-corrected chi connectivity index (χ1v) is 6.92. The summed E-state index contributed by atoms with van der Waals surface area (Å²) in [4.78, 5) is 2.36. The zero-order valence-electron chi connectivity index (χ0n) is 11.2. The molecule has 1 aromatic rings. The maximum Gasteiger partial charge on any atom is 0.128 e. The topological polar surface area (TPSA) is 29.3 Å². The quantitative estimate of drug-likeness (QED) is 0.870. The van der Waals surface area contributed by atoms with Gasteiger partial charge >= 0.3 is 0 Å². The second-order valence-corrected chi connectivity index (χ2v) is 5.37. The third kappa shape index (κ3) is 2.90. The largest absolute Gasteiger partial charge is 0.320 e. The van der Waals surface area contributed by atoms with Gasteiger partial charge in [-0.2, -0.15) is 0 Å². The minimum Gasteiger partial charge on any atom is -0.320 e. The number of hydrogen-bond acceptors (Lipinski definition) is 2. The van der Waals surface area contributed by atoms with Gasteiger partial charge < -0.3 is 10.6 Å². The minimum absolute atomic E-state index is 0.173. The number of nitrogens with two attached hydrogens (primary N) is 1. The Kier molecular flexibility index (Phi) is 4.36. The van der Waals surface area contributed by atoms with Gasteiger partial charge in [-0.05, 0) is 38.4 Å². The molecule has 2 nitrogen and oxygen atoms in total. The summed E-state index contributed by atoms with van der Waals surface area (Å²) in [5, 5.41) is 0. The van der Waals surface area contributed by atoms with E-state index in [0.29, 0.717) is 5.56 Å². The van der Waals surface area contributed by atoms with E-state index in [4.69, 9.17) is 5.73 Å². The van der Waals surface area contributed by atoms with E-state index in [-0.39, 0.29) is 5.82 Å². The molecule has 0 radical (unpaired) electrons. The molecule has 1 aliphatic heterocycles. The molecule has 0 saturated carbocycles. The first-order valence-electron chi connectivity index (χ1n) is 6.92. The lowest BCUT2D eigenvalue weighted by Gasteiger charge is -2.34. The predicted octanol–water partition coefficient (Wildman–Crippen LogP) is 2.88. The first-order chi connectivity index (χ1) is 8.65. The van der Waals surface area contributed by atoms with Crippen molar-refractivity contribution >= 4 is 0 Å². The maximum absolute atomic E-state index is 14.0. The number of likely N-dealkylation sites (tertiary alicyclic amines) is 1. The Morgan fingerprint density at radius 2 is 1.94 bits per heavy atom. The van der Waals surface area contributed by atoms with Gasteiger partial charge in [0, 0.05) is 12.1 Å². The van der Waals surface area contributed by atoms with Crippen LogP contribution in [0, 0.1) is 5.82 Å². The van der Waals surface area contributed by atoms with Gasteiger partial charge in [0.15, 0.2) is 0 Å². The molecule has 0 aliphatic carbocycles. The highest BCUT2D eigenvalue weighted by atomic mass is 19.1. The normalized spacial score (nSPS) is 19.9. The number of rotatable bonds is 5. The molecule has 1 aromatic carbocycles. The summed E-state index contributed by atoms with van der Waals surface area (Å²) in [5.74, 6) is -0.173. The summed E-state index contributed by atoms with van der Waals surface area (Å²) in [6.45, 7) is 5.06. The molecule has 18 heavy (non-hydrogen) atoms. The van der Waals surface area contributed by atoms with Crippen LogP contribution >= 0.6 is 0 Å². The van der Waals surface area contributed by atoms with Gasteiger partial charge in [0.1, 0.15) is 5.82 Å². The number of benzene rings is 1. The second kappa shape index (κ2) is 5.81. The second-order valence-electron chi connectivity index (χ2n) is 5.37. The maximum atomic E-state index is 14.0. The van der Waals surface area contributed by atoms with Gasteiger partial charge in [-0.1, -0.05) is 31.5 Å². The highest BCUT2D eigenvalue weighted by Gasteiger charge is 2.32. The molecule has 0 spiro atoms. The van der Waals surface area contributed by atoms with E-state index in [1.807, 2.05) is 12.1 Å². The van der Waals surface area contributed by atoms with Crippen LogP contribution in [-0.2, 0) is 5.54 Å². The van der Waals surface area contributed by atoms with Crippen molar-refractivity contribution in [2.24, 2.45) is 5.73 Å². The lowest BCUT2D eigenvalue weighted by Crippen LogP contribution is -2.47. The molecule has 3 heteroatoms. The van der Waals surface area contributed by atoms with E-state index < -0.39 is 5.54 Å². The third-order valence-corrected chi connectivity index (χ3v) is 3.81. The third-order valence-electron chi connectivity index (χ3n) is 3.81. The summed E-state index contributed by atoms with van der Waals surface area (Å²) in [6.07, 6.45) is 4.27. The molecule has 2 rings (SSSR count). The lowest BCUT2D eigenvalue weighted by atomic mass is 9.85. The van der Waals surface area contributed by atoms with Crippen molar-refractivity contribution in [2.75, 3.05) is 19.6 Å². The van der Waals surface area contributed by atoms with Crippen LogP contribution in [0.2, 0.25) is 0 Å². The predicted molar refractivity (Wildman–Crippen MR) is 72.8 cm³/mol. The first kappa shape index (κ1) is 13.5. The highest BCUT2D eigenvalue weighted by molar-refractivity contribution is 5.26. The van der Waals surface area contributed by atoms with E-state index in [9.17, 15) is 4.39 Å². The van der Waals surface area contributed by atoms with Gasteiger partial charge in [-0.3, -0.25) is 0 Å². The minimum atomic E-state index is -0.551. The van der Waals surface area contributed by atoms with Crippen molar-refractivity contribution in [1.29, 1.82) is 0 Å². The van der Waals surface area contributed by atoms with Crippen molar-refractivity contribution in [1.82, 2.24) is 4.90 Å².